The maximum atomic E-state index is 13.1. The van der Waals surface area contributed by atoms with Crippen molar-refractivity contribution in [1.29, 1.82) is 0 Å². The van der Waals surface area contributed by atoms with E-state index in [0.29, 0.717) is 5.82 Å². The molecule has 0 bridgehead atoms. The Balaban J connectivity index is 1.75. The smallest absolute Gasteiger partial charge is 0.344 e. The monoisotopic (exact) mass is 433 g/mol. The quantitative estimate of drug-likeness (QED) is 0.460. The van der Waals surface area contributed by atoms with E-state index in [1.807, 2.05) is 0 Å². The Bertz CT molecular complexity index is 1220. The molecule has 160 valence electrons. The predicted octanol–water partition coefficient (Wildman–Crippen LogP) is 3.62. The Kier molecular flexibility index (Phi) is 5.09. The molecule has 0 aliphatic heterocycles. The van der Waals surface area contributed by atoms with Gasteiger partial charge in [-0.2, -0.15) is 23.1 Å². The molecular formula is C18H15F4N9. The molecule has 4 aromatic heterocycles. The van der Waals surface area contributed by atoms with E-state index >= 15 is 0 Å². The second-order valence-electron chi connectivity index (χ2n) is 6.64. The van der Waals surface area contributed by atoms with Gasteiger partial charge in [-0.05, 0) is 19.1 Å². The number of hydrogen-bond donors (Lipinski definition) is 2. The molecule has 0 fully saturated rings. The van der Waals surface area contributed by atoms with Crippen LogP contribution in [-0.2, 0) is 13.2 Å². The number of aryl methyl sites for hydroxylation is 1. The molecule has 0 radical (unpaired) electrons. The number of halogens is 4. The molecule has 1 atom stereocenters. The summed E-state index contributed by atoms with van der Waals surface area (Å²) in [5.74, 6) is 0.283. The molecule has 0 saturated heterocycles. The van der Waals surface area contributed by atoms with Crippen LogP contribution in [0.15, 0.2) is 37.1 Å². The van der Waals surface area contributed by atoms with Crippen molar-refractivity contribution in [2.75, 3.05) is 10.6 Å². The highest BCUT2D eigenvalue weighted by molar-refractivity contribution is 5.89. The minimum Gasteiger partial charge on any atom is -0.344 e. The highest BCUT2D eigenvalue weighted by atomic mass is 19.4. The van der Waals surface area contributed by atoms with Gasteiger partial charge in [-0.1, -0.05) is 0 Å². The third-order valence-electron chi connectivity index (χ3n) is 4.17. The topological polar surface area (TPSA) is 106 Å². The zero-order valence-electron chi connectivity index (χ0n) is 16.2. The van der Waals surface area contributed by atoms with Crippen LogP contribution in [0.4, 0.5) is 35.1 Å². The highest BCUT2D eigenvalue weighted by Crippen LogP contribution is 2.31. The maximum Gasteiger partial charge on any atom is 0.433 e. The van der Waals surface area contributed by atoms with Crippen molar-refractivity contribution in [2.45, 2.75) is 19.1 Å². The molecule has 13 heteroatoms. The van der Waals surface area contributed by atoms with Crippen molar-refractivity contribution in [3.63, 3.8) is 0 Å². The lowest BCUT2D eigenvalue weighted by molar-refractivity contribution is -0.141. The summed E-state index contributed by atoms with van der Waals surface area (Å²) in [6, 6.07) is 1.54. The average molecular weight is 433 g/mol. The van der Waals surface area contributed by atoms with Crippen LogP contribution in [0.3, 0.4) is 0 Å². The first kappa shape index (κ1) is 20.4. The number of nitrogens with one attached hydrogen (secondary N) is 2. The summed E-state index contributed by atoms with van der Waals surface area (Å²) in [4.78, 5) is 24.0. The Labute approximate surface area is 172 Å². The SMILES string of the molecule is C[C@@H](Nc1nc(Nc2cn(C)cn2)c2ccc(C(F)(F)F)nc2n1)c1ncc(F)cn1. The number of hydrogen-bond acceptors (Lipinski definition) is 8. The lowest BCUT2D eigenvalue weighted by Gasteiger charge is -2.15. The molecule has 0 unspecified atom stereocenters. The average Bonchev–Trinajstić information content (AvgIpc) is 3.12. The van der Waals surface area contributed by atoms with Gasteiger partial charge in [-0.15, -0.1) is 0 Å². The Hall–Kier alpha value is -3.90. The Morgan fingerprint density at radius 3 is 2.42 bits per heavy atom. The number of anilines is 3. The summed E-state index contributed by atoms with van der Waals surface area (Å²) in [5, 5.41) is 6.14. The lowest BCUT2D eigenvalue weighted by Crippen LogP contribution is -2.14. The Morgan fingerprint density at radius 1 is 1.03 bits per heavy atom. The fourth-order valence-corrected chi connectivity index (χ4v) is 2.73. The summed E-state index contributed by atoms with van der Waals surface area (Å²) in [6.07, 6.45) is 0.614. The summed E-state index contributed by atoms with van der Waals surface area (Å²) >= 11 is 0. The first-order valence-electron chi connectivity index (χ1n) is 8.94. The molecule has 4 aromatic rings. The summed E-state index contributed by atoms with van der Waals surface area (Å²) < 4.78 is 54.2. The van der Waals surface area contributed by atoms with Gasteiger partial charge in [0.2, 0.25) is 5.95 Å². The minimum atomic E-state index is -4.63. The number of alkyl halides is 3. The number of pyridine rings is 1. The van der Waals surface area contributed by atoms with Crippen LogP contribution in [-0.4, -0.2) is 34.5 Å². The molecule has 0 saturated carbocycles. The van der Waals surface area contributed by atoms with Crippen molar-refractivity contribution >= 4 is 28.6 Å². The van der Waals surface area contributed by atoms with E-state index in [-0.39, 0.29) is 28.6 Å². The molecule has 4 heterocycles. The summed E-state index contributed by atoms with van der Waals surface area (Å²) in [5.41, 5.74) is -1.25. The summed E-state index contributed by atoms with van der Waals surface area (Å²) in [6.45, 7) is 1.67. The fourth-order valence-electron chi connectivity index (χ4n) is 2.73. The first-order chi connectivity index (χ1) is 14.7. The summed E-state index contributed by atoms with van der Waals surface area (Å²) in [7, 11) is 1.77. The minimum absolute atomic E-state index is 0.0156. The highest BCUT2D eigenvalue weighted by Gasteiger charge is 2.33. The first-order valence-corrected chi connectivity index (χ1v) is 8.94. The molecule has 0 amide bonds. The van der Waals surface area contributed by atoms with Crippen LogP contribution >= 0.6 is 0 Å². The zero-order chi connectivity index (χ0) is 22.2. The second-order valence-corrected chi connectivity index (χ2v) is 6.64. The van der Waals surface area contributed by atoms with Crippen LogP contribution in [0, 0.1) is 5.82 Å². The normalized spacial score (nSPS) is 12.7. The van der Waals surface area contributed by atoms with Crippen molar-refractivity contribution in [2.24, 2.45) is 7.05 Å². The van der Waals surface area contributed by atoms with E-state index in [0.717, 1.165) is 18.5 Å². The Morgan fingerprint density at radius 2 is 1.77 bits per heavy atom. The standard InChI is InChI=1S/C18H15F4N9/c1-9(14-23-5-10(19)6-24-14)26-17-29-15-11(3-4-12(27-15)18(20,21)22)16(30-17)28-13-7-31(2)8-25-13/h3-9H,1-2H3,(H2,26,27,28,29,30)/t9-/m1/s1. The predicted molar refractivity (Wildman–Crippen MR) is 103 cm³/mol. The molecular weight excluding hydrogens is 418 g/mol. The van der Waals surface area contributed by atoms with Gasteiger partial charge in [-0.25, -0.2) is 24.3 Å². The van der Waals surface area contributed by atoms with Crippen molar-refractivity contribution in [1.82, 2.24) is 34.5 Å². The van der Waals surface area contributed by atoms with Crippen LogP contribution in [0.5, 0.6) is 0 Å². The van der Waals surface area contributed by atoms with Crippen LogP contribution < -0.4 is 10.6 Å². The van der Waals surface area contributed by atoms with E-state index in [1.165, 1.54) is 6.07 Å². The molecule has 0 aromatic carbocycles. The molecule has 9 nitrogen and oxygen atoms in total. The fraction of sp³-hybridized carbons (Fsp3) is 0.222. The molecule has 2 N–H and O–H groups in total. The molecule has 0 aliphatic rings. The number of aromatic nitrogens is 7. The second kappa shape index (κ2) is 7.74. The molecule has 0 spiro atoms. The van der Waals surface area contributed by atoms with Gasteiger partial charge in [0.15, 0.2) is 11.5 Å². The van der Waals surface area contributed by atoms with Crippen LogP contribution in [0.25, 0.3) is 11.0 Å². The number of imidazole rings is 1. The van der Waals surface area contributed by atoms with Gasteiger partial charge in [-0.3, -0.25) is 0 Å². The van der Waals surface area contributed by atoms with Gasteiger partial charge < -0.3 is 15.2 Å². The molecule has 4 rings (SSSR count). The van der Waals surface area contributed by atoms with E-state index in [2.05, 4.69) is 40.5 Å². The maximum absolute atomic E-state index is 13.1. The molecule has 31 heavy (non-hydrogen) atoms. The number of nitrogens with zero attached hydrogens (tertiary/aromatic N) is 7. The van der Waals surface area contributed by atoms with Gasteiger partial charge in [0, 0.05) is 13.2 Å². The van der Waals surface area contributed by atoms with Crippen molar-refractivity contribution in [3.8, 4) is 0 Å². The van der Waals surface area contributed by atoms with E-state index in [1.54, 1.807) is 31.1 Å². The van der Waals surface area contributed by atoms with Crippen molar-refractivity contribution < 1.29 is 17.6 Å². The third kappa shape index (κ3) is 4.49. The van der Waals surface area contributed by atoms with Crippen LogP contribution in [0.2, 0.25) is 0 Å². The van der Waals surface area contributed by atoms with Crippen LogP contribution in [0.1, 0.15) is 24.5 Å². The number of rotatable bonds is 5. The lowest BCUT2D eigenvalue weighted by atomic mass is 10.2. The third-order valence-corrected chi connectivity index (χ3v) is 4.17. The number of fused-ring (bicyclic) bond motifs is 1. The van der Waals surface area contributed by atoms with Gasteiger partial charge in [0.05, 0.1) is 30.1 Å². The van der Waals surface area contributed by atoms with E-state index < -0.39 is 23.7 Å². The van der Waals surface area contributed by atoms with Gasteiger partial charge >= 0.3 is 6.18 Å². The van der Waals surface area contributed by atoms with Crippen molar-refractivity contribution in [3.05, 3.63) is 54.4 Å². The molecule has 0 aliphatic carbocycles. The van der Waals surface area contributed by atoms with Gasteiger partial charge in [0.25, 0.3) is 0 Å². The largest absolute Gasteiger partial charge is 0.433 e. The van der Waals surface area contributed by atoms with Gasteiger partial charge in [0.1, 0.15) is 23.2 Å². The zero-order valence-corrected chi connectivity index (χ0v) is 16.2. The van der Waals surface area contributed by atoms with E-state index in [9.17, 15) is 17.6 Å². The van der Waals surface area contributed by atoms with E-state index in [4.69, 9.17) is 0 Å².